The molecule has 2 saturated heterocycles. The first-order valence-corrected chi connectivity index (χ1v) is 11.6. The normalized spacial score (nSPS) is 16.4. The number of hydrogen-bond donors (Lipinski definition) is 1. The van der Waals surface area contributed by atoms with E-state index in [1.165, 1.54) is 6.07 Å². The number of anilines is 6. The molecule has 0 saturated carbocycles. The van der Waals surface area contributed by atoms with Crippen molar-refractivity contribution < 1.29 is 13.9 Å². The Bertz CT molecular complexity index is 1080. The molecule has 2 aromatic carbocycles. The van der Waals surface area contributed by atoms with E-state index in [2.05, 4.69) is 43.3 Å². The minimum Gasteiger partial charge on any atom is -0.378 e. The molecule has 2 aliphatic rings. The molecular weight excluding hydrogens is 435 g/mol. The fourth-order valence-corrected chi connectivity index (χ4v) is 4.25. The van der Waals surface area contributed by atoms with Crippen molar-refractivity contribution in [3.63, 3.8) is 0 Å². The zero-order valence-electron chi connectivity index (χ0n) is 19.3. The van der Waals surface area contributed by atoms with E-state index in [9.17, 15) is 4.39 Å². The van der Waals surface area contributed by atoms with E-state index in [4.69, 9.17) is 9.47 Å². The number of benzene rings is 2. The fourth-order valence-electron chi connectivity index (χ4n) is 4.25. The number of para-hydroxylation sites is 1. The predicted octanol–water partition coefficient (Wildman–Crippen LogP) is 3.80. The first-order chi connectivity index (χ1) is 16.7. The van der Waals surface area contributed by atoms with E-state index < -0.39 is 0 Å². The fraction of sp³-hybridized carbons (Fsp3) is 0.360. The molecule has 2 aliphatic heterocycles. The Kier molecular flexibility index (Phi) is 6.73. The van der Waals surface area contributed by atoms with E-state index in [1.54, 1.807) is 42.4 Å². The average Bonchev–Trinajstić information content (AvgIpc) is 2.89. The Balaban J connectivity index is 1.43. The van der Waals surface area contributed by atoms with E-state index >= 15 is 0 Å². The quantitative estimate of drug-likeness (QED) is 0.591. The third-order valence-corrected chi connectivity index (χ3v) is 6.11. The Hall–Kier alpha value is -3.43. The van der Waals surface area contributed by atoms with Gasteiger partial charge in [-0.25, -0.2) is 9.37 Å². The molecule has 0 aliphatic carbocycles. The topological polar surface area (TPSA) is 66.0 Å². The van der Waals surface area contributed by atoms with E-state index in [0.29, 0.717) is 17.5 Å². The largest absolute Gasteiger partial charge is 0.378 e. The molecule has 0 atom stereocenters. The molecule has 0 radical (unpaired) electrons. The van der Waals surface area contributed by atoms with Gasteiger partial charge in [0.25, 0.3) is 0 Å². The van der Waals surface area contributed by atoms with Crippen molar-refractivity contribution in [1.29, 1.82) is 0 Å². The van der Waals surface area contributed by atoms with Crippen LogP contribution in [0.4, 0.5) is 38.9 Å². The summed E-state index contributed by atoms with van der Waals surface area (Å²) in [7, 11) is 1.79. The van der Waals surface area contributed by atoms with Crippen molar-refractivity contribution in [3.8, 4) is 0 Å². The van der Waals surface area contributed by atoms with Crippen molar-refractivity contribution in [2.45, 2.75) is 0 Å². The van der Waals surface area contributed by atoms with Gasteiger partial charge in [0.15, 0.2) is 0 Å². The van der Waals surface area contributed by atoms with Gasteiger partial charge in [0.1, 0.15) is 11.6 Å². The summed E-state index contributed by atoms with van der Waals surface area (Å²) >= 11 is 0. The highest BCUT2D eigenvalue weighted by atomic mass is 19.1. The summed E-state index contributed by atoms with van der Waals surface area (Å²) in [5.74, 6) is 0.750. The van der Waals surface area contributed by atoms with Crippen LogP contribution < -0.4 is 20.0 Å². The number of rotatable bonds is 6. The third kappa shape index (κ3) is 5.05. The maximum Gasteiger partial charge on any atom is 0.229 e. The van der Waals surface area contributed by atoms with E-state index in [-0.39, 0.29) is 5.82 Å². The first-order valence-electron chi connectivity index (χ1n) is 11.6. The monoisotopic (exact) mass is 464 g/mol. The van der Waals surface area contributed by atoms with E-state index in [1.807, 2.05) is 0 Å². The summed E-state index contributed by atoms with van der Waals surface area (Å²) in [6.07, 6.45) is 1.68. The number of nitrogens with one attached hydrogen (secondary N) is 1. The number of halogens is 1. The van der Waals surface area contributed by atoms with Crippen molar-refractivity contribution >= 4 is 34.5 Å². The molecule has 0 unspecified atom stereocenters. The molecule has 0 amide bonds. The standard InChI is InChI=1S/C25H29FN6O2/c1-30(23-5-3-2-4-22(23)26)24-6-7-27-25(29-24)28-19-16-20(31-8-12-33-13-9-31)18-21(17-19)32-10-14-34-15-11-32/h2-7,16-18H,8-15H2,1H3,(H,27,28,29). The summed E-state index contributed by atoms with van der Waals surface area (Å²) in [6, 6.07) is 14.9. The lowest BCUT2D eigenvalue weighted by atomic mass is 10.2. The number of ether oxygens (including phenoxy) is 2. The van der Waals surface area contributed by atoms with Crippen LogP contribution in [0.2, 0.25) is 0 Å². The molecule has 1 aromatic heterocycles. The third-order valence-electron chi connectivity index (χ3n) is 6.11. The van der Waals surface area contributed by atoms with Crippen LogP contribution in [-0.2, 0) is 9.47 Å². The van der Waals surface area contributed by atoms with Gasteiger partial charge in [0.05, 0.1) is 32.1 Å². The van der Waals surface area contributed by atoms with Gasteiger partial charge < -0.3 is 29.5 Å². The molecule has 34 heavy (non-hydrogen) atoms. The van der Waals surface area contributed by atoms with Crippen LogP contribution in [-0.4, -0.2) is 69.6 Å². The molecule has 3 aromatic rings. The number of aromatic nitrogens is 2. The molecule has 0 spiro atoms. The van der Waals surface area contributed by atoms with Crippen molar-refractivity contribution in [2.24, 2.45) is 0 Å². The molecule has 0 bridgehead atoms. The summed E-state index contributed by atoms with van der Waals surface area (Å²) < 4.78 is 25.4. The van der Waals surface area contributed by atoms with Crippen LogP contribution in [0.5, 0.6) is 0 Å². The first kappa shape index (κ1) is 22.4. The summed E-state index contributed by atoms with van der Waals surface area (Å²) in [5, 5.41) is 3.37. The van der Waals surface area contributed by atoms with Crippen molar-refractivity contribution in [1.82, 2.24) is 9.97 Å². The second kappa shape index (κ2) is 10.2. The minimum absolute atomic E-state index is 0.300. The summed E-state index contributed by atoms with van der Waals surface area (Å²) in [5.41, 5.74) is 3.62. The van der Waals surface area contributed by atoms with Crippen LogP contribution in [0.15, 0.2) is 54.7 Å². The molecule has 5 rings (SSSR count). The van der Waals surface area contributed by atoms with Crippen molar-refractivity contribution in [3.05, 3.63) is 60.5 Å². The maximum atomic E-state index is 14.3. The Morgan fingerprint density at radius 1 is 0.882 bits per heavy atom. The Morgan fingerprint density at radius 2 is 1.50 bits per heavy atom. The van der Waals surface area contributed by atoms with Crippen molar-refractivity contribution in [2.75, 3.05) is 79.7 Å². The van der Waals surface area contributed by atoms with Gasteiger partial charge in [-0.2, -0.15) is 4.98 Å². The molecular formula is C25H29FN6O2. The smallest absolute Gasteiger partial charge is 0.229 e. The van der Waals surface area contributed by atoms with E-state index in [0.717, 1.165) is 69.7 Å². The highest BCUT2D eigenvalue weighted by Gasteiger charge is 2.18. The molecule has 2 fully saturated rings. The molecule has 8 nitrogen and oxygen atoms in total. The van der Waals surface area contributed by atoms with Crippen LogP contribution in [0.25, 0.3) is 0 Å². The van der Waals surface area contributed by atoms with Gasteiger partial charge in [0.2, 0.25) is 5.95 Å². The van der Waals surface area contributed by atoms with Gasteiger partial charge in [-0.15, -0.1) is 0 Å². The number of morpholine rings is 2. The second-order valence-corrected chi connectivity index (χ2v) is 8.31. The van der Waals surface area contributed by atoms with Gasteiger partial charge in [0, 0.05) is 56.5 Å². The Labute approximate surface area is 198 Å². The lowest BCUT2D eigenvalue weighted by molar-refractivity contribution is 0.122. The van der Waals surface area contributed by atoms with Crippen LogP contribution in [0.3, 0.4) is 0 Å². The molecule has 3 heterocycles. The molecule has 9 heteroatoms. The van der Waals surface area contributed by atoms with Gasteiger partial charge in [-0.3, -0.25) is 0 Å². The van der Waals surface area contributed by atoms with Crippen LogP contribution in [0, 0.1) is 5.82 Å². The maximum absolute atomic E-state index is 14.3. The highest BCUT2D eigenvalue weighted by molar-refractivity contribution is 5.72. The minimum atomic E-state index is -0.300. The van der Waals surface area contributed by atoms with Gasteiger partial charge >= 0.3 is 0 Å². The van der Waals surface area contributed by atoms with Crippen LogP contribution in [0.1, 0.15) is 0 Å². The lowest BCUT2D eigenvalue weighted by Gasteiger charge is -2.33. The summed E-state index contributed by atoms with van der Waals surface area (Å²) in [4.78, 5) is 15.4. The zero-order chi connectivity index (χ0) is 23.3. The number of nitrogens with zero attached hydrogens (tertiary/aromatic N) is 5. The zero-order valence-corrected chi connectivity index (χ0v) is 19.3. The van der Waals surface area contributed by atoms with Gasteiger partial charge in [-0.05, 0) is 36.4 Å². The lowest BCUT2D eigenvalue weighted by Crippen LogP contribution is -2.38. The van der Waals surface area contributed by atoms with Gasteiger partial charge in [-0.1, -0.05) is 12.1 Å². The average molecular weight is 465 g/mol. The Morgan fingerprint density at radius 3 is 2.12 bits per heavy atom. The molecule has 1 N–H and O–H groups in total. The summed E-state index contributed by atoms with van der Waals surface area (Å²) in [6.45, 7) is 6.29. The van der Waals surface area contributed by atoms with Crippen LogP contribution >= 0.6 is 0 Å². The predicted molar refractivity (Wildman–Crippen MR) is 132 cm³/mol. The molecule has 178 valence electrons. The number of hydrogen-bond acceptors (Lipinski definition) is 8. The highest BCUT2D eigenvalue weighted by Crippen LogP contribution is 2.31. The second-order valence-electron chi connectivity index (χ2n) is 8.31. The SMILES string of the molecule is CN(c1ccnc(Nc2cc(N3CCOCC3)cc(N3CCOCC3)c2)n1)c1ccccc1F.